The minimum atomic E-state index is -0.550. The van der Waals surface area contributed by atoms with Gasteiger partial charge in [0.05, 0.1) is 0 Å². The number of hydrogen-bond donors (Lipinski definition) is 2. The van der Waals surface area contributed by atoms with Crippen LogP contribution < -0.4 is 10.6 Å². The third-order valence-electron chi connectivity index (χ3n) is 3.71. The van der Waals surface area contributed by atoms with E-state index in [1.807, 2.05) is 4.90 Å². The van der Waals surface area contributed by atoms with Gasteiger partial charge in [0, 0.05) is 19.5 Å². The van der Waals surface area contributed by atoms with E-state index in [4.69, 9.17) is 0 Å². The molecule has 0 aromatic rings. The Kier molecular flexibility index (Phi) is 4.76. The molecule has 2 heterocycles. The fourth-order valence-corrected chi connectivity index (χ4v) is 2.58. The number of nitrogens with one attached hydrogen (secondary N) is 2. The van der Waals surface area contributed by atoms with Crippen molar-refractivity contribution in [2.75, 3.05) is 13.1 Å². The van der Waals surface area contributed by atoms with Crippen molar-refractivity contribution in [2.45, 2.75) is 51.0 Å². The summed E-state index contributed by atoms with van der Waals surface area (Å²) in [6.07, 6.45) is 6.45. The van der Waals surface area contributed by atoms with Crippen molar-refractivity contribution in [1.29, 1.82) is 0 Å². The molecule has 6 heteroatoms. The number of nitrogens with zero attached hydrogens (tertiary/aromatic N) is 1. The average Bonchev–Trinajstić information content (AvgIpc) is 2.64. The lowest BCUT2D eigenvalue weighted by atomic mass is 10.1. The SMILES string of the molecule is O=C1NC(=O)[C@H](CCC(=O)N2CCCCCCC2)N1. The Hall–Kier alpha value is -1.59. The van der Waals surface area contributed by atoms with Crippen LogP contribution in [0.15, 0.2) is 0 Å². The van der Waals surface area contributed by atoms with Crippen molar-refractivity contribution in [2.24, 2.45) is 0 Å². The van der Waals surface area contributed by atoms with Gasteiger partial charge in [0.2, 0.25) is 5.91 Å². The Morgan fingerprint density at radius 3 is 2.32 bits per heavy atom. The summed E-state index contributed by atoms with van der Waals surface area (Å²) in [7, 11) is 0. The van der Waals surface area contributed by atoms with Crippen LogP contribution in [0, 0.1) is 0 Å². The van der Waals surface area contributed by atoms with Gasteiger partial charge in [-0.2, -0.15) is 0 Å². The molecular weight excluding hydrogens is 246 g/mol. The first kappa shape index (κ1) is 13.8. The molecule has 0 aromatic carbocycles. The van der Waals surface area contributed by atoms with E-state index in [1.165, 1.54) is 19.3 Å². The van der Waals surface area contributed by atoms with Crippen LogP contribution in [0.2, 0.25) is 0 Å². The van der Waals surface area contributed by atoms with Crippen LogP contribution in [-0.4, -0.2) is 41.9 Å². The molecule has 1 atom stereocenters. The second kappa shape index (κ2) is 6.54. The van der Waals surface area contributed by atoms with Crippen LogP contribution in [-0.2, 0) is 9.59 Å². The zero-order valence-electron chi connectivity index (χ0n) is 11.1. The summed E-state index contributed by atoms with van der Waals surface area (Å²) in [4.78, 5) is 36.3. The molecule has 2 saturated heterocycles. The highest BCUT2D eigenvalue weighted by molar-refractivity contribution is 6.04. The Bertz CT molecular complexity index is 362. The van der Waals surface area contributed by atoms with Gasteiger partial charge in [-0.15, -0.1) is 0 Å². The minimum Gasteiger partial charge on any atom is -0.343 e. The number of urea groups is 1. The molecule has 0 unspecified atom stereocenters. The van der Waals surface area contributed by atoms with E-state index in [1.54, 1.807) is 0 Å². The van der Waals surface area contributed by atoms with Crippen molar-refractivity contribution in [3.05, 3.63) is 0 Å². The number of amides is 4. The van der Waals surface area contributed by atoms with Gasteiger partial charge in [-0.1, -0.05) is 19.3 Å². The Morgan fingerprint density at radius 1 is 1.11 bits per heavy atom. The van der Waals surface area contributed by atoms with E-state index in [0.29, 0.717) is 12.8 Å². The highest BCUT2D eigenvalue weighted by atomic mass is 16.2. The quantitative estimate of drug-likeness (QED) is 0.741. The predicted molar refractivity (Wildman–Crippen MR) is 69.4 cm³/mol. The molecule has 2 fully saturated rings. The van der Waals surface area contributed by atoms with Gasteiger partial charge in [-0.05, 0) is 19.3 Å². The second-order valence-corrected chi connectivity index (χ2v) is 5.20. The summed E-state index contributed by atoms with van der Waals surface area (Å²) in [5.74, 6) is -0.235. The molecule has 0 radical (unpaired) electrons. The second-order valence-electron chi connectivity index (χ2n) is 5.20. The van der Waals surface area contributed by atoms with Gasteiger partial charge in [0.15, 0.2) is 0 Å². The van der Waals surface area contributed by atoms with Crippen molar-refractivity contribution in [3.63, 3.8) is 0 Å². The fourth-order valence-electron chi connectivity index (χ4n) is 2.58. The lowest BCUT2D eigenvalue weighted by molar-refractivity contribution is -0.131. The monoisotopic (exact) mass is 267 g/mol. The molecule has 0 bridgehead atoms. The molecule has 0 aliphatic carbocycles. The summed E-state index contributed by atoms with van der Waals surface area (Å²) < 4.78 is 0. The highest BCUT2D eigenvalue weighted by Crippen LogP contribution is 2.12. The van der Waals surface area contributed by atoms with Crippen molar-refractivity contribution in [1.82, 2.24) is 15.5 Å². The van der Waals surface area contributed by atoms with E-state index < -0.39 is 12.1 Å². The first-order chi connectivity index (χ1) is 9.16. The molecule has 106 valence electrons. The zero-order chi connectivity index (χ0) is 13.7. The lowest BCUT2D eigenvalue weighted by Crippen LogP contribution is -2.36. The number of carbonyl (C=O) groups is 3. The van der Waals surface area contributed by atoms with Gasteiger partial charge in [0.25, 0.3) is 5.91 Å². The molecule has 0 saturated carbocycles. The van der Waals surface area contributed by atoms with Crippen LogP contribution >= 0.6 is 0 Å². The third kappa shape index (κ3) is 3.94. The number of likely N-dealkylation sites (tertiary alicyclic amines) is 1. The lowest BCUT2D eigenvalue weighted by Gasteiger charge is -2.25. The topological polar surface area (TPSA) is 78.5 Å². The van der Waals surface area contributed by atoms with E-state index in [0.717, 1.165) is 25.9 Å². The molecule has 0 aromatic heterocycles. The summed E-state index contributed by atoms with van der Waals surface area (Å²) in [6.45, 7) is 1.64. The minimum absolute atomic E-state index is 0.0934. The van der Waals surface area contributed by atoms with Gasteiger partial charge in [-0.25, -0.2) is 4.79 Å². The standard InChI is InChI=1S/C13H21N3O3/c17-11(16-8-4-2-1-3-5-9-16)7-6-10-12(18)15-13(19)14-10/h10H,1-9H2,(H2,14,15,18,19)/t10-/m0/s1. The summed E-state index contributed by atoms with van der Waals surface area (Å²) >= 11 is 0. The normalized spacial score (nSPS) is 24.4. The van der Waals surface area contributed by atoms with Gasteiger partial charge in [0.1, 0.15) is 6.04 Å². The molecule has 0 spiro atoms. The van der Waals surface area contributed by atoms with E-state index in [9.17, 15) is 14.4 Å². The molecule has 6 nitrogen and oxygen atoms in total. The van der Waals surface area contributed by atoms with Crippen LogP contribution in [0.4, 0.5) is 4.79 Å². The fraction of sp³-hybridized carbons (Fsp3) is 0.769. The van der Waals surface area contributed by atoms with E-state index in [2.05, 4.69) is 10.6 Å². The first-order valence-electron chi connectivity index (χ1n) is 7.06. The Labute approximate surface area is 112 Å². The maximum Gasteiger partial charge on any atom is 0.322 e. The van der Waals surface area contributed by atoms with Gasteiger partial charge < -0.3 is 10.2 Å². The van der Waals surface area contributed by atoms with Gasteiger partial charge in [-0.3, -0.25) is 14.9 Å². The molecule has 2 aliphatic rings. The smallest absolute Gasteiger partial charge is 0.322 e. The predicted octanol–water partition coefficient (Wildman–Crippen LogP) is 0.767. The van der Waals surface area contributed by atoms with E-state index >= 15 is 0 Å². The van der Waals surface area contributed by atoms with Crippen LogP contribution in [0.5, 0.6) is 0 Å². The Morgan fingerprint density at radius 2 is 1.74 bits per heavy atom. The maximum atomic E-state index is 12.1. The molecule has 2 aliphatic heterocycles. The Balaban J connectivity index is 1.76. The maximum absolute atomic E-state index is 12.1. The molecular formula is C13H21N3O3. The number of carbonyl (C=O) groups excluding carboxylic acids is 3. The van der Waals surface area contributed by atoms with Crippen molar-refractivity contribution >= 4 is 17.8 Å². The summed E-state index contributed by atoms with van der Waals surface area (Å²) in [5, 5.41) is 4.69. The van der Waals surface area contributed by atoms with Gasteiger partial charge >= 0.3 is 6.03 Å². The van der Waals surface area contributed by atoms with Crippen LogP contribution in [0.1, 0.15) is 44.9 Å². The molecule has 19 heavy (non-hydrogen) atoms. The highest BCUT2D eigenvalue weighted by Gasteiger charge is 2.30. The first-order valence-corrected chi connectivity index (χ1v) is 7.06. The summed E-state index contributed by atoms with van der Waals surface area (Å²) in [5.41, 5.74) is 0. The van der Waals surface area contributed by atoms with Crippen molar-refractivity contribution in [3.8, 4) is 0 Å². The van der Waals surface area contributed by atoms with E-state index in [-0.39, 0.29) is 11.8 Å². The third-order valence-corrected chi connectivity index (χ3v) is 3.71. The molecule has 2 N–H and O–H groups in total. The number of hydrogen-bond acceptors (Lipinski definition) is 3. The largest absolute Gasteiger partial charge is 0.343 e. The zero-order valence-corrected chi connectivity index (χ0v) is 11.1. The average molecular weight is 267 g/mol. The van der Waals surface area contributed by atoms with Crippen molar-refractivity contribution < 1.29 is 14.4 Å². The number of rotatable bonds is 3. The molecule has 2 rings (SSSR count). The number of imide groups is 1. The molecule has 4 amide bonds. The summed E-state index contributed by atoms with van der Waals surface area (Å²) in [6, 6.07) is -1.01. The van der Waals surface area contributed by atoms with Crippen LogP contribution in [0.3, 0.4) is 0 Å². The van der Waals surface area contributed by atoms with Crippen LogP contribution in [0.25, 0.3) is 0 Å².